The Morgan fingerprint density at radius 1 is 1.00 bits per heavy atom. The molecule has 3 heterocycles. The van der Waals surface area contributed by atoms with Gasteiger partial charge in [-0.25, -0.2) is 9.67 Å². The Balaban J connectivity index is 1.40. The molecule has 0 radical (unpaired) electrons. The first-order valence-electron chi connectivity index (χ1n) is 9.75. The maximum Gasteiger partial charge on any atom is 0.255 e. The predicted octanol–water partition coefficient (Wildman–Crippen LogP) is 5.19. The molecule has 0 spiro atoms. The van der Waals surface area contributed by atoms with Gasteiger partial charge >= 0.3 is 0 Å². The second-order valence-corrected chi connectivity index (χ2v) is 7.79. The zero-order valence-electron chi connectivity index (χ0n) is 16.4. The lowest BCUT2D eigenvalue weighted by atomic mass is 10.1. The molecule has 152 valence electrons. The van der Waals surface area contributed by atoms with Crippen LogP contribution in [0.5, 0.6) is 0 Å². The van der Waals surface area contributed by atoms with Crippen molar-refractivity contribution >= 4 is 17.2 Å². The molecule has 3 aromatic heterocycles. The van der Waals surface area contributed by atoms with Crippen LogP contribution in [0.15, 0.2) is 95.1 Å². The summed E-state index contributed by atoms with van der Waals surface area (Å²) in [5.74, 6) is 0.336. The Morgan fingerprint density at radius 2 is 1.77 bits per heavy atom. The van der Waals surface area contributed by atoms with Crippen LogP contribution in [-0.4, -0.2) is 20.7 Å². The van der Waals surface area contributed by atoms with Crippen LogP contribution >= 0.6 is 11.3 Å². The SMILES string of the molecule is O=C(NCc1coc(-c2cccs2)n1)c1cn(-c2ccccc2)nc1-c1ccccc1. The summed E-state index contributed by atoms with van der Waals surface area (Å²) >= 11 is 1.56. The largest absolute Gasteiger partial charge is 0.443 e. The number of aromatic nitrogens is 3. The number of carbonyl (C=O) groups is 1. The number of carbonyl (C=O) groups excluding carboxylic acids is 1. The highest BCUT2D eigenvalue weighted by Gasteiger charge is 2.19. The number of oxazole rings is 1. The van der Waals surface area contributed by atoms with Gasteiger partial charge in [0.1, 0.15) is 12.0 Å². The molecule has 0 bridgehead atoms. The minimum Gasteiger partial charge on any atom is -0.443 e. The standard InChI is InChI=1S/C24H18N4O2S/c29-23(25-14-18-16-30-24(26-18)21-12-7-13-31-21)20-15-28(19-10-5-2-6-11-19)27-22(20)17-8-3-1-4-9-17/h1-13,15-16H,14H2,(H,25,29). The Hall–Kier alpha value is -3.97. The number of rotatable bonds is 6. The fourth-order valence-electron chi connectivity index (χ4n) is 3.23. The van der Waals surface area contributed by atoms with Crippen LogP contribution in [0.3, 0.4) is 0 Å². The van der Waals surface area contributed by atoms with E-state index in [0.29, 0.717) is 22.8 Å². The van der Waals surface area contributed by atoms with Crippen molar-refractivity contribution in [2.45, 2.75) is 6.54 Å². The summed E-state index contributed by atoms with van der Waals surface area (Å²) in [6, 6.07) is 23.3. The maximum absolute atomic E-state index is 13.1. The molecular weight excluding hydrogens is 408 g/mol. The Labute approximate surface area is 182 Å². The highest BCUT2D eigenvalue weighted by molar-refractivity contribution is 7.13. The van der Waals surface area contributed by atoms with Gasteiger partial charge in [0.25, 0.3) is 5.91 Å². The van der Waals surface area contributed by atoms with Crippen LogP contribution in [0.2, 0.25) is 0 Å². The third-order valence-corrected chi connectivity index (χ3v) is 5.60. The van der Waals surface area contributed by atoms with Crippen molar-refractivity contribution in [3.8, 4) is 27.7 Å². The van der Waals surface area contributed by atoms with E-state index in [-0.39, 0.29) is 12.5 Å². The van der Waals surface area contributed by atoms with E-state index in [1.807, 2.05) is 78.2 Å². The lowest BCUT2D eigenvalue weighted by molar-refractivity contribution is 0.0951. The third-order valence-electron chi connectivity index (χ3n) is 4.74. The summed E-state index contributed by atoms with van der Waals surface area (Å²) in [6.45, 7) is 0.262. The molecule has 0 saturated carbocycles. The van der Waals surface area contributed by atoms with Gasteiger partial charge in [0.2, 0.25) is 5.89 Å². The second-order valence-electron chi connectivity index (χ2n) is 6.84. The van der Waals surface area contributed by atoms with Crippen molar-refractivity contribution in [1.82, 2.24) is 20.1 Å². The molecule has 0 fully saturated rings. The Kier molecular flexibility index (Phi) is 5.16. The second kappa shape index (κ2) is 8.41. The summed E-state index contributed by atoms with van der Waals surface area (Å²) in [6.07, 6.45) is 3.33. The maximum atomic E-state index is 13.1. The molecule has 0 aliphatic carbocycles. The zero-order chi connectivity index (χ0) is 21.0. The molecule has 1 amide bonds. The number of nitrogens with zero attached hydrogens (tertiary/aromatic N) is 3. The number of para-hydroxylation sites is 1. The molecule has 0 saturated heterocycles. The first-order chi connectivity index (χ1) is 15.3. The van der Waals surface area contributed by atoms with Crippen LogP contribution in [0.25, 0.3) is 27.7 Å². The molecule has 7 heteroatoms. The topological polar surface area (TPSA) is 73.0 Å². The van der Waals surface area contributed by atoms with Gasteiger partial charge in [-0.15, -0.1) is 11.3 Å². The third kappa shape index (κ3) is 4.04. The van der Waals surface area contributed by atoms with Crippen molar-refractivity contribution < 1.29 is 9.21 Å². The lowest BCUT2D eigenvalue weighted by Crippen LogP contribution is -2.23. The van der Waals surface area contributed by atoms with Crippen LogP contribution in [0, 0.1) is 0 Å². The van der Waals surface area contributed by atoms with Gasteiger partial charge in [-0.2, -0.15) is 5.10 Å². The zero-order valence-corrected chi connectivity index (χ0v) is 17.3. The molecular formula is C24H18N4O2S. The molecule has 0 atom stereocenters. The van der Waals surface area contributed by atoms with E-state index in [2.05, 4.69) is 15.4 Å². The smallest absolute Gasteiger partial charge is 0.255 e. The molecule has 0 aliphatic heterocycles. The van der Waals surface area contributed by atoms with Crippen molar-refractivity contribution in [2.24, 2.45) is 0 Å². The van der Waals surface area contributed by atoms with Gasteiger partial charge in [0.05, 0.1) is 28.4 Å². The summed E-state index contributed by atoms with van der Waals surface area (Å²) in [7, 11) is 0. The highest BCUT2D eigenvalue weighted by Crippen LogP contribution is 2.25. The number of thiophene rings is 1. The lowest BCUT2D eigenvalue weighted by Gasteiger charge is -2.03. The predicted molar refractivity (Wildman–Crippen MR) is 120 cm³/mol. The van der Waals surface area contributed by atoms with E-state index < -0.39 is 0 Å². The monoisotopic (exact) mass is 426 g/mol. The minimum atomic E-state index is -0.221. The number of nitrogens with one attached hydrogen (secondary N) is 1. The number of hydrogen-bond donors (Lipinski definition) is 1. The average Bonchev–Trinajstić information content (AvgIpc) is 3.59. The molecule has 0 unspecified atom stereocenters. The molecule has 0 aliphatic rings. The molecule has 31 heavy (non-hydrogen) atoms. The summed E-state index contributed by atoms with van der Waals surface area (Å²) in [5.41, 5.74) is 3.55. The fraction of sp³-hybridized carbons (Fsp3) is 0.0417. The molecule has 2 aromatic carbocycles. The molecule has 6 nitrogen and oxygen atoms in total. The van der Waals surface area contributed by atoms with Crippen molar-refractivity contribution in [1.29, 1.82) is 0 Å². The van der Waals surface area contributed by atoms with Crippen molar-refractivity contribution in [3.63, 3.8) is 0 Å². The van der Waals surface area contributed by atoms with E-state index in [4.69, 9.17) is 4.42 Å². The van der Waals surface area contributed by atoms with Gasteiger partial charge in [-0.05, 0) is 23.6 Å². The van der Waals surface area contributed by atoms with E-state index in [0.717, 1.165) is 16.1 Å². The van der Waals surface area contributed by atoms with E-state index >= 15 is 0 Å². The van der Waals surface area contributed by atoms with E-state index in [1.165, 1.54) is 0 Å². The average molecular weight is 427 g/mol. The first-order valence-corrected chi connectivity index (χ1v) is 10.6. The molecule has 5 rings (SSSR count). The van der Waals surface area contributed by atoms with Crippen molar-refractivity contribution in [2.75, 3.05) is 0 Å². The number of amides is 1. The van der Waals surface area contributed by atoms with Gasteiger partial charge in [-0.1, -0.05) is 54.6 Å². The summed E-state index contributed by atoms with van der Waals surface area (Å²) in [5, 5.41) is 9.59. The Bertz CT molecular complexity index is 1290. The highest BCUT2D eigenvalue weighted by atomic mass is 32.1. The van der Waals surface area contributed by atoms with Gasteiger partial charge < -0.3 is 9.73 Å². The van der Waals surface area contributed by atoms with Crippen LogP contribution in [0.1, 0.15) is 16.1 Å². The number of benzene rings is 2. The fourth-order valence-corrected chi connectivity index (χ4v) is 3.89. The molecule has 1 N–H and O–H groups in total. The van der Waals surface area contributed by atoms with Crippen LogP contribution < -0.4 is 5.32 Å². The molecule has 5 aromatic rings. The van der Waals surface area contributed by atoms with Gasteiger partial charge in [0, 0.05) is 11.8 Å². The van der Waals surface area contributed by atoms with E-state index in [1.54, 1.807) is 28.5 Å². The van der Waals surface area contributed by atoms with Crippen molar-refractivity contribution in [3.05, 3.63) is 102 Å². The normalized spacial score (nSPS) is 10.8. The quantitative estimate of drug-likeness (QED) is 0.406. The van der Waals surface area contributed by atoms with Gasteiger partial charge in [-0.3, -0.25) is 4.79 Å². The van der Waals surface area contributed by atoms with E-state index in [9.17, 15) is 4.79 Å². The minimum absolute atomic E-state index is 0.221. The van der Waals surface area contributed by atoms with Gasteiger partial charge in [0.15, 0.2) is 0 Å². The van der Waals surface area contributed by atoms with Crippen LogP contribution in [-0.2, 0) is 6.54 Å². The Morgan fingerprint density at radius 3 is 2.52 bits per heavy atom. The summed E-state index contributed by atoms with van der Waals surface area (Å²) in [4.78, 5) is 18.5. The number of hydrogen-bond acceptors (Lipinski definition) is 5. The first kappa shape index (κ1) is 19.0. The summed E-state index contributed by atoms with van der Waals surface area (Å²) < 4.78 is 7.26. The van der Waals surface area contributed by atoms with Crippen LogP contribution in [0.4, 0.5) is 0 Å².